The summed E-state index contributed by atoms with van der Waals surface area (Å²) in [5.41, 5.74) is 2.42. The van der Waals surface area contributed by atoms with E-state index in [1.807, 2.05) is 0 Å². The first-order valence-electron chi connectivity index (χ1n) is 7.76. The second kappa shape index (κ2) is 7.65. The number of piperidine rings is 1. The zero-order valence-corrected chi connectivity index (χ0v) is 12.5. The van der Waals surface area contributed by atoms with E-state index in [4.69, 9.17) is 0 Å². The Morgan fingerprint density at radius 1 is 1.26 bits per heavy atom. The maximum atomic E-state index is 4.47. The van der Waals surface area contributed by atoms with Crippen LogP contribution in [0, 0.1) is 6.92 Å². The highest BCUT2D eigenvalue weighted by molar-refractivity contribution is 5.08. The Morgan fingerprint density at radius 3 is 2.79 bits per heavy atom. The lowest BCUT2D eigenvalue weighted by atomic mass is 10.1. The molecule has 1 saturated heterocycles. The second-order valence-electron chi connectivity index (χ2n) is 5.53. The third-order valence-electron chi connectivity index (χ3n) is 3.87. The molecule has 1 aliphatic rings. The predicted octanol–water partition coefficient (Wildman–Crippen LogP) is 2.18. The number of aromatic nitrogens is 2. The van der Waals surface area contributed by atoms with Gasteiger partial charge in [0.1, 0.15) is 0 Å². The molecule has 0 aromatic carbocycles. The van der Waals surface area contributed by atoms with Gasteiger partial charge in [-0.1, -0.05) is 6.42 Å². The molecule has 2 rings (SSSR count). The normalized spacial score (nSPS) is 16.9. The molecule has 4 heteroatoms. The molecule has 0 aliphatic carbocycles. The van der Waals surface area contributed by atoms with Crippen LogP contribution in [0.1, 0.15) is 44.0 Å². The minimum atomic E-state index is 0.939. The molecule has 2 heterocycles. The van der Waals surface area contributed by atoms with Crippen molar-refractivity contribution in [1.82, 2.24) is 20.0 Å². The lowest BCUT2D eigenvalue weighted by molar-refractivity contribution is 0.225. The summed E-state index contributed by atoms with van der Waals surface area (Å²) in [6.45, 7) is 11.1. The van der Waals surface area contributed by atoms with Crippen LogP contribution in [0.2, 0.25) is 0 Å². The number of hydrogen-bond acceptors (Lipinski definition) is 3. The highest BCUT2D eigenvalue weighted by Gasteiger charge is 2.09. The Kier molecular flexibility index (Phi) is 5.86. The number of nitrogens with zero attached hydrogens (tertiary/aromatic N) is 3. The van der Waals surface area contributed by atoms with Gasteiger partial charge in [-0.2, -0.15) is 5.10 Å². The minimum Gasteiger partial charge on any atom is -0.311 e. The van der Waals surface area contributed by atoms with Crippen LogP contribution in [0.25, 0.3) is 0 Å². The predicted molar refractivity (Wildman–Crippen MR) is 79.3 cm³/mol. The van der Waals surface area contributed by atoms with Crippen molar-refractivity contribution in [3.8, 4) is 0 Å². The van der Waals surface area contributed by atoms with Crippen LogP contribution < -0.4 is 5.32 Å². The highest BCUT2D eigenvalue weighted by atomic mass is 15.3. The topological polar surface area (TPSA) is 33.1 Å². The summed E-state index contributed by atoms with van der Waals surface area (Å²) in [4.78, 5) is 2.60. The molecule has 1 aromatic rings. The average Bonchev–Trinajstić information content (AvgIpc) is 2.80. The molecule has 0 radical (unpaired) electrons. The van der Waals surface area contributed by atoms with E-state index in [1.165, 1.54) is 51.0 Å². The van der Waals surface area contributed by atoms with Crippen LogP contribution in [0.3, 0.4) is 0 Å². The summed E-state index contributed by atoms with van der Waals surface area (Å²) in [5, 5.41) is 8.01. The third-order valence-corrected chi connectivity index (χ3v) is 3.87. The van der Waals surface area contributed by atoms with Crippen LogP contribution in [-0.4, -0.2) is 40.9 Å². The molecule has 0 saturated carbocycles. The Hall–Kier alpha value is -0.870. The molecule has 0 unspecified atom stereocenters. The Morgan fingerprint density at radius 2 is 2.05 bits per heavy atom. The monoisotopic (exact) mass is 264 g/mol. The Balaban J connectivity index is 1.60. The van der Waals surface area contributed by atoms with Crippen LogP contribution in [-0.2, 0) is 13.1 Å². The number of likely N-dealkylation sites (tertiary alicyclic amines) is 1. The molecule has 1 fully saturated rings. The molecule has 0 spiro atoms. The molecule has 1 N–H and O–H groups in total. The number of nitrogens with one attached hydrogen (secondary N) is 1. The van der Waals surface area contributed by atoms with Gasteiger partial charge < -0.3 is 10.2 Å². The zero-order valence-electron chi connectivity index (χ0n) is 12.5. The number of rotatable bonds is 7. The van der Waals surface area contributed by atoms with Crippen molar-refractivity contribution in [1.29, 1.82) is 0 Å². The lowest BCUT2D eigenvalue weighted by Crippen LogP contribution is -2.32. The van der Waals surface area contributed by atoms with Crippen molar-refractivity contribution in [2.24, 2.45) is 0 Å². The van der Waals surface area contributed by atoms with Crippen molar-refractivity contribution < 1.29 is 0 Å². The van der Waals surface area contributed by atoms with Crippen molar-refractivity contribution >= 4 is 0 Å². The standard InChI is InChI=1S/C15H28N4/c1-3-19-15(12-14(2)17-19)13-16-8-7-11-18-9-5-4-6-10-18/h12,16H,3-11,13H2,1-2H3. The number of aryl methyl sites for hydroxylation is 2. The largest absolute Gasteiger partial charge is 0.311 e. The van der Waals surface area contributed by atoms with Gasteiger partial charge in [0, 0.05) is 13.1 Å². The maximum Gasteiger partial charge on any atom is 0.0597 e. The summed E-state index contributed by atoms with van der Waals surface area (Å²) < 4.78 is 2.09. The fourth-order valence-electron chi connectivity index (χ4n) is 2.84. The van der Waals surface area contributed by atoms with Gasteiger partial charge in [0.25, 0.3) is 0 Å². The molecule has 1 aromatic heterocycles. The molecular weight excluding hydrogens is 236 g/mol. The summed E-state index contributed by atoms with van der Waals surface area (Å²) in [6.07, 6.45) is 5.46. The molecule has 19 heavy (non-hydrogen) atoms. The van der Waals surface area contributed by atoms with Gasteiger partial charge in [-0.25, -0.2) is 0 Å². The zero-order chi connectivity index (χ0) is 13.5. The first-order valence-corrected chi connectivity index (χ1v) is 7.76. The van der Waals surface area contributed by atoms with E-state index in [0.29, 0.717) is 0 Å². The van der Waals surface area contributed by atoms with Crippen LogP contribution in [0.5, 0.6) is 0 Å². The van der Waals surface area contributed by atoms with E-state index in [2.05, 4.69) is 39.9 Å². The first-order chi connectivity index (χ1) is 9.29. The van der Waals surface area contributed by atoms with Gasteiger partial charge >= 0.3 is 0 Å². The van der Waals surface area contributed by atoms with Gasteiger partial charge in [-0.3, -0.25) is 4.68 Å². The first kappa shape index (κ1) is 14.5. The summed E-state index contributed by atoms with van der Waals surface area (Å²) >= 11 is 0. The van der Waals surface area contributed by atoms with Crippen LogP contribution in [0.15, 0.2) is 6.07 Å². The van der Waals surface area contributed by atoms with E-state index in [0.717, 1.165) is 25.3 Å². The molecule has 0 atom stereocenters. The second-order valence-corrected chi connectivity index (χ2v) is 5.53. The molecule has 1 aliphatic heterocycles. The van der Waals surface area contributed by atoms with Crippen LogP contribution >= 0.6 is 0 Å². The molecular formula is C15H28N4. The highest BCUT2D eigenvalue weighted by Crippen LogP contribution is 2.08. The van der Waals surface area contributed by atoms with Gasteiger partial charge in [-0.05, 0) is 65.4 Å². The maximum absolute atomic E-state index is 4.47. The van der Waals surface area contributed by atoms with Crippen molar-refractivity contribution in [3.05, 3.63) is 17.5 Å². The van der Waals surface area contributed by atoms with Crippen molar-refractivity contribution in [3.63, 3.8) is 0 Å². The molecule has 0 bridgehead atoms. The van der Waals surface area contributed by atoms with Crippen LogP contribution in [0.4, 0.5) is 0 Å². The van der Waals surface area contributed by atoms with E-state index >= 15 is 0 Å². The molecule has 4 nitrogen and oxygen atoms in total. The van der Waals surface area contributed by atoms with E-state index < -0.39 is 0 Å². The quantitative estimate of drug-likeness (QED) is 0.766. The Labute approximate surface area is 117 Å². The van der Waals surface area contributed by atoms with E-state index in [1.54, 1.807) is 0 Å². The smallest absolute Gasteiger partial charge is 0.0597 e. The minimum absolute atomic E-state index is 0.939. The lowest BCUT2D eigenvalue weighted by Gasteiger charge is -2.26. The van der Waals surface area contributed by atoms with E-state index in [-0.39, 0.29) is 0 Å². The van der Waals surface area contributed by atoms with Crippen molar-refractivity contribution in [2.45, 2.75) is 52.6 Å². The Bertz CT molecular complexity index is 366. The van der Waals surface area contributed by atoms with Gasteiger partial charge in [0.2, 0.25) is 0 Å². The van der Waals surface area contributed by atoms with Crippen molar-refractivity contribution in [2.75, 3.05) is 26.2 Å². The summed E-state index contributed by atoms with van der Waals surface area (Å²) in [7, 11) is 0. The molecule has 108 valence electrons. The summed E-state index contributed by atoms with van der Waals surface area (Å²) in [6, 6.07) is 2.18. The average molecular weight is 264 g/mol. The third kappa shape index (κ3) is 4.62. The summed E-state index contributed by atoms with van der Waals surface area (Å²) in [5.74, 6) is 0. The number of hydrogen-bond donors (Lipinski definition) is 1. The fraction of sp³-hybridized carbons (Fsp3) is 0.800. The van der Waals surface area contributed by atoms with Gasteiger partial charge in [0.05, 0.1) is 11.4 Å². The molecule has 0 amide bonds. The van der Waals surface area contributed by atoms with E-state index in [9.17, 15) is 0 Å². The van der Waals surface area contributed by atoms with Gasteiger partial charge in [-0.15, -0.1) is 0 Å². The fourth-order valence-corrected chi connectivity index (χ4v) is 2.84. The van der Waals surface area contributed by atoms with Gasteiger partial charge in [0.15, 0.2) is 0 Å². The SMILES string of the molecule is CCn1nc(C)cc1CNCCCN1CCCCC1.